The number of pyridine rings is 1. The number of ether oxygens (including phenoxy) is 1. The predicted molar refractivity (Wildman–Crippen MR) is 82.0 cm³/mol. The fraction of sp³-hybridized carbons (Fsp3) is 0.625. The summed E-state index contributed by atoms with van der Waals surface area (Å²) in [4.78, 5) is 18.1. The van der Waals surface area contributed by atoms with Crippen LogP contribution < -0.4 is 4.90 Å². The van der Waals surface area contributed by atoms with Crippen molar-refractivity contribution in [2.24, 2.45) is 5.92 Å². The lowest BCUT2D eigenvalue weighted by atomic mass is 10.1. The first kappa shape index (κ1) is 15.8. The molecule has 1 fully saturated rings. The highest BCUT2D eigenvalue weighted by Gasteiger charge is 2.32. The fourth-order valence-corrected chi connectivity index (χ4v) is 2.57. The van der Waals surface area contributed by atoms with E-state index in [1.165, 1.54) is 12.8 Å². The van der Waals surface area contributed by atoms with E-state index in [1.807, 2.05) is 6.92 Å². The zero-order valence-electron chi connectivity index (χ0n) is 13.0. The summed E-state index contributed by atoms with van der Waals surface area (Å²) in [5.41, 5.74) is 1.12. The van der Waals surface area contributed by atoms with Gasteiger partial charge in [0, 0.05) is 25.4 Å². The topological polar surface area (TPSA) is 62.7 Å². The number of rotatable bonds is 8. The van der Waals surface area contributed by atoms with Crippen LogP contribution in [0.5, 0.6) is 0 Å². The molecule has 1 aliphatic rings. The molecule has 0 spiro atoms. The van der Waals surface area contributed by atoms with Crippen molar-refractivity contribution in [3.8, 4) is 0 Å². The number of aromatic nitrogens is 1. The van der Waals surface area contributed by atoms with Gasteiger partial charge in [-0.05, 0) is 44.2 Å². The number of aryl methyl sites for hydroxylation is 1. The van der Waals surface area contributed by atoms with Crippen molar-refractivity contribution >= 4 is 11.8 Å². The molecule has 0 radical (unpaired) electrons. The zero-order valence-corrected chi connectivity index (χ0v) is 13.0. The molecule has 0 amide bonds. The van der Waals surface area contributed by atoms with Gasteiger partial charge in [-0.2, -0.15) is 0 Å². The quantitative estimate of drug-likeness (QED) is 0.798. The lowest BCUT2D eigenvalue weighted by molar-refractivity contribution is 0.0696. The first-order chi connectivity index (χ1) is 10.1. The second kappa shape index (κ2) is 6.89. The number of carbonyl (C=O) groups is 1. The van der Waals surface area contributed by atoms with Crippen LogP contribution in [0.4, 0.5) is 5.82 Å². The molecule has 1 atom stereocenters. The third-order valence-corrected chi connectivity index (χ3v) is 4.10. The largest absolute Gasteiger partial charge is 0.478 e. The zero-order chi connectivity index (χ0) is 15.4. The number of carboxylic acids is 1. The summed E-state index contributed by atoms with van der Waals surface area (Å²) in [5.74, 6) is 0.532. The van der Waals surface area contributed by atoms with Crippen LogP contribution in [0, 0.1) is 5.92 Å². The average molecular weight is 292 g/mol. The monoisotopic (exact) mass is 292 g/mol. The Balaban J connectivity index is 2.32. The van der Waals surface area contributed by atoms with Crippen LogP contribution in [0.25, 0.3) is 0 Å². The number of nitrogens with zero attached hydrogens (tertiary/aromatic N) is 2. The van der Waals surface area contributed by atoms with E-state index in [4.69, 9.17) is 4.74 Å². The minimum absolute atomic E-state index is 0.308. The Kier molecular flexibility index (Phi) is 5.17. The van der Waals surface area contributed by atoms with Crippen molar-refractivity contribution < 1.29 is 14.6 Å². The average Bonchev–Trinajstić information content (AvgIpc) is 3.31. The predicted octanol–water partition coefficient (Wildman–Crippen LogP) is 2.59. The number of aromatic carboxylic acids is 1. The molecule has 1 heterocycles. The molecule has 0 aromatic carbocycles. The highest BCUT2D eigenvalue weighted by molar-refractivity contribution is 5.88. The van der Waals surface area contributed by atoms with Gasteiger partial charge in [0.2, 0.25) is 0 Å². The Morgan fingerprint density at radius 1 is 1.52 bits per heavy atom. The first-order valence-electron chi connectivity index (χ1n) is 7.56. The first-order valence-corrected chi connectivity index (χ1v) is 7.56. The van der Waals surface area contributed by atoms with Crippen LogP contribution in [-0.4, -0.2) is 42.4 Å². The third-order valence-electron chi connectivity index (χ3n) is 4.10. The molecule has 5 nitrogen and oxygen atoms in total. The van der Waals surface area contributed by atoms with Crippen LogP contribution in [0.15, 0.2) is 12.1 Å². The number of methoxy groups -OCH3 is 1. The minimum Gasteiger partial charge on any atom is -0.478 e. The van der Waals surface area contributed by atoms with Crippen molar-refractivity contribution in [1.82, 2.24) is 4.98 Å². The van der Waals surface area contributed by atoms with Gasteiger partial charge >= 0.3 is 5.97 Å². The van der Waals surface area contributed by atoms with Gasteiger partial charge in [0.15, 0.2) is 0 Å². The second-order valence-electron chi connectivity index (χ2n) is 5.63. The molecule has 5 heteroatoms. The van der Waals surface area contributed by atoms with Crippen molar-refractivity contribution in [2.75, 3.05) is 25.2 Å². The molecule has 21 heavy (non-hydrogen) atoms. The summed E-state index contributed by atoms with van der Waals surface area (Å²) in [7, 11) is 1.68. The molecule has 0 saturated heterocycles. The van der Waals surface area contributed by atoms with Crippen molar-refractivity contribution in [3.05, 3.63) is 23.4 Å². The van der Waals surface area contributed by atoms with Gasteiger partial charge in [-0.25, -0.2) is 9.78 Å². The van der Waals surface area contributed by atoms with Crippen LogP contribution in [0.3, 0.4) is 0 Å². The van der Waals surface area contributed by atoms with E-state index in [0.717, 1.165) is 24.5 Å². The number of carboxylic acid groups (broad SMARTS) is 1. The second-order valence-corrected chi connectivity index (χ2v) is 5.63. The Bertz CT molecular complexity index is 500. The van der Waals surface area contributed by atoms with Gasteiger partial charge in [0.1, 0.15) is 5.82 Å². The molecule has 1 unspecified atom stereocenters. The maximum absolute atomic E-state index is 11.3. The van der Waals surface area contributed by atoms with Gasteiger partial charge in [-0.1, -0.05) is 6.92 Å². The molecule has 2 rings (SSSR count). The Morgan fingerprint density at radius 3 is 2.76 bits per heavy atom. The molecule has 116 valence electrons. The van der Waals surface area contributed by atoms with Crippen molar-refractivity contribution in [3.63, 3.8) is 0 Å². The van der Waals surface area contributed by atoms with E-state index < -0.39 is 5.97 Å². The third kappa shape index (κ3) is 3.94. The SMILES string of the molecule is CCc1cc(C(=O)O)cc(N(CCOC)C(C)C2CC2)n1. The van der Waals surface area contributed by atoms with Gasteiger partial charge in [-0.15, -0.1) is 0 Å². The van der Waals surface area contributed by atoms with Crippen molar-refractivity contribution in [1.29, 1.82) is 0 Å². The Hall–Kier alpha value is -1.62. The van der Waals surface area contributed by atoms with Gasteiger partial charge in [-0.3, -0.25) is 0 Å². The lowest BCUT2D eigenvalue weighted by Gasteiger charge is -2.31. The summed E-state index contributed by atoms with van der Waals surface area (Å²) >= 11 is 0. The number of hydrogen-bond acceptors (Lipinski definition) is 4. The van der Waals surface area contributed by atoms with Gasteiger partial charge in [0.25, 0.3) is 0 Å². The van der Waals surface area contributed by atoms with E-state index in [1.54, 1.807) is 19.2 Å². The normalized spacial score (nSPS) is 15.8. The number of anilines is 1. The van der Waals surface area contributed by atoms with Crippen LogP contribution >= 0.6 is 0 Å². The molecule has 1 aromatic heterocycles. The van der Waals surface area contributed by atoms with Gasteiger partial charge in [0.05, 0.1) is 12.2 Å². The molecular formula is C16H24N2O3. The molecule has 1 aliphatic carbocycles. The molecular weight excluding hydrogens is 268 g/mol. The Labute approximate surface area is 125 Å². The summed E-state index contributed by atoms with van der Waals surface area (Å²) in [6.07, 6.45) is 3.21. The lowest BCUT2D eigenvalue weighted by Crippen LogP contribution is -2.38. The fourth-order valence-electron chi connectivity index (χ4n) is 2.57. The maximum Gasteiger partial charge on any atom is 0.335 e. The highest BCUT2D eigenvalue weighted by Crippen LogP contribution is 2.36. The standard InChI is InChI=1S/C16H24N2O3/c1-4-14-9-13(16(19)20)10-15(17-14)18(7-8-21-3)11(2)12-5-6-12/h9-12H,4-8H2,1-3H3,(H,19,20). The smallest absolute Gasteiger partial charge is 0.335 e. The van der Waals surface area contributed by atoms with E-state index in [0.29, 0.717) is 24.1 Å². The van der Waals surface area contributed by atoms with Crippen LogP contribution in [-0.2, 0) is 11.2 Å². The molecule has 0 bridgehead atoms. The summed E-state index contributed by atoms with van der Waals surface area (Å²) in [6, 6.07) is 3.69. The summed E-state index contributed by atoms with van der Waals surface area (Å²) < 4.78 is 5.19. The molecule has 1 saturated carbocycles. The van der Waals surface area contributed by atoms with Crippen LogP contribution in [0.2, 0.25) is 0 Å². The molecule has 1 aromatic rings. The van der Waals surface area contributed by atoms with E-state index in [2.05, 4.69) is 16.8 Å². The summed E-state index contributed by atoms with van der Waals surface area (Å²) in [6.45, 7) is 5.51. The van der Waals surface area contributed by atoms with Gasteiger partial charge < -0.3 is 14.7 Å². The van der Waals surface area contributed by atoms with E-state index >= 15 is 0 Å². The number of hydrogen-bond donors (Lipinski definition) is 1. The summed E-state index contributed by atoms with van der Waals surface area (Å²) in [5, 5.41) is 9.28. The Morgan fingerprint density at radius 2 is 2.24 bits per heavy atom. The van der Waals surface area contributed by atoms with E-state index in [-0.39, 0.29) is 0 Å². The highest BCUT2D eigenvalue weighted by atomic mass is 16.5. The molecule has 0 aliphatic heterocycles. The van der Waals surface area contributed by atoms with Crippen molar-refractivity contribution in [2.45, 2.75) is 39.2 Å². The maximum atomic E-state index is 11.3. The van der Waals surface area contributed by atoms with E-state index in [9.17, 15) is 9.90 Å². The van der Waals surface area contributed by atoms with Crippen LogP contribution in [0.1, 0.15) is 42.7 Å². The minimum atomic E-state index is -0.904. The molecule has 1 N–H and O–H groups in total.